The van der Waals surface area contributed by atoms with Crippen LogP contribution in [-0.2, 0) is 0 Å². The molecule has 0 fully saturated rings. The Bertz CT molecular complexity index is 531. The van der Waals surface area contributed by atoms with Crippen molar-refractivity contribution in [2.75, 3.05) is 6.61 Å². The quantitative estimate of drug-likeness (QED) is 0.800. The molecule has 0 aliphatic heterocycles. The molecule has 0 atom stereocenters. The number of unbranched alkanes of at least 4 members (excludes halogenated alkanes) is 1. The summed E-state index contributed by atoms with van der Waals surface area (Å²) in [4.78, 5) is 14.1. The summed E-state index contributed by atoms with van der Waals surface area (Å²) in [6, 6.07) is 9.10. The third-order valence-electron chi connectivity index (χ3n) is 2.48. The van der Waals surface area contributed by atoms with Crippen LogP contribution in [0.3, 0.4) is 0 Å². The summed E-state index contributed by atoms with van der Waals surface area (Å²) >= 11 is 0. The van der Waals surface area contributed by atoms with E-state index in [1.807, 2.05) is 18.2 Å². The fraction of sp³-hybridized carbons (Fsp3) is 0.308. The van der Waals surface area contributed by atoms with Crippen LogP contribution in [-0.4, -0.2) is 11.6 Å². The molecule has 0 radical (unpaired) electrons. The van der Waals surface area contributed by atoms with E-state index >= 15 is 0 Å². The number of nitrogens with one attached hydrogen (secondary N) is 1. The second-order valence-electron chi connectivity index (χ2n) is 3.74. The van der Waals surface area contributed by atoms with Crippen LogP contribution >= 0.6 is 0 Å². The van der Waals surface area contributed by atoms with Crippen LogP contribution in [0.1, 0.15) is 19.8 Å². The van der Waals surface area contributed by atoms with E-state index in [2.05, 4.69) is 11.9 Å². The highest BCUT2D eigenvalue weighted by atomic mass is 16.5. The van der Waals surface area contributed by atoms with Crippen LogP contribution in [0, 0.1) is 0 Å². The second-order valence-corrected chi connectivity index (χ2v) is 3.74. The molecule has 1 aromatic carbocycles. The van der Waals surface area contributed by atoms with E-state index in [1.54, 1.807) is 6.07 Å². The lowest BCUT2D eigenvalue weighted by molar-refractivity contribution is 0.312. The monoisotopic (exact) mass is 217 g/mol. The average Bonchev–Trinajstić information content (AvgIpc) is 2.30. The Labute approximate surface area is 94.1 Å². The summed E-state index contributed by atoms with van der Waals surface area (Å²) in [6.07, 6.45) is 2.12. The van der Waals surface area contributed by atoms with Gasteiger partial charge in [-0.1, -0.05) is 25.5 Å². The first-order chi connectivity index (χ1) is 7.81. The van der Waals surface area contributed by atoms with Gasteiger partial charge in [0.1, 0.15) is 5.75 Å². The number of aromatic nitrogens is 1. The van der Waals surface area contributed by atoms with Crippen LogP contribution in [0.5, 0.6) is 5.75 Å². The number of H-pyrrole nitrogens is 1. The molecule has 0 spiro atoms. The van der Waals surface area contributed by atoms with Crippen molar-refractivity contribution in [3.05, 3.63) is 40.7 Å². The number of fused-ring (bicyclic) bond motifs is 1. The third kappa shape index (κ3) is 2.24. The molecule has 3 nitrogen and oxygen atoms in total. The van der Waals surface area contributed by atoms with Gasteiger partial charge < -0.3 is 9.72 Å². The van der Waals surface area contributed by atoms with Crippen molar-refractivity contribution >= 4 is 10.9 Å². The lowest BCUT2D eigenvalue weighted by atomic mass is 10.2. The van der Waals surface area contributed by atoms with Crippen molar-refractivity contribution in [2.45, 2.75) is 19.8 Å². The van der Waals surface area contributed by atoms with Gasteiger partial charge in [-0.15, -0.1) is 0 Å². The fourth-order valence-electron chi connectivity index (χ4n) is 1.60. The van der Waals surface area contributed by atoms with Crippen molar-refractivity contribution in [3.63, 3.8) is 0 Å². The van der Waals surface area contributed by atoms with Crippen LogP contribution in [0.25, 0.3) is 10.9 Å². The summed E-state index contributed by atoms with van der Waals surface area (Å²) in [7, 11) is 0. The predicted octanol–water partition coefficient (Wildman–Crippen LogP) is 2.71. The Morgan fingerprint density at radius 1 is 1.25 bits per heavy atom. The van der Waals surface area contributed by atoms with E-state index in [0.29, 0.717) is 6.61 Å². The number of hydrogen-bond acceptors (Lipinski definition) is 2. The number of pyridine rings is 1. The molecule has 0 unspecified atom stereocenters. The molecule has 0 amide bonds. The molecular formula is C13H15NO2. The van der Waals surface area contributed by atoms with Crippen LogP contribution < -0.4 is 10.3 Å². The number of ether oxygens (including phenoxy) is 1. The van der Waals surface area contributed by atoms with E-state index in [9.17, 15) is 4.79 Å². The molecule has 16 heavy (non-hydrogen) atoms. The Morgan fingerprint density at radius 3 is 2.94 bits per heavy atom. The number of rotatable bonds is 4. The minimum Gasteiger partial charge on any atom is -0.491 e. The Balaban J connectivity index is 2.36. The lowest BCUT2D eigenvalue weighted by Gasteiger charge is -2.07. The molecule has 2 aromatic rings. The maximum Gasteiger partial charge on any atom is 0.248 e. The van der Waals surface area contributed by atoms with Crippen molar-refractivity contribution in [1.29, 1.82) is 0 Å². The maximum absolute atomic E-state index is 11.3. The first kappa shape index (κ1) is 10.7. The molecule has 0 bridgehead atoms. The molecule has 2 rings (SSSR count). The molecule has 84 valence electrons. The van der Waals surface area contributed by atoms with Gasteiger partial charge in [0.25, 0.3) is 0 Å². The first-order valence-electron chi connectivity index (χ1n) is 5.56. The number of benzene rings is 1. The Kier molecular flexibility index (Phi) is 3.25. The van der Waals surface area contributed by atoms with Crippen molar-refractivity contribution in [3.8, 4) is 5.75 Å². The Morgan fingerprint density at radius 2 is 2.12 bits per heavy atom. The molecule has 0 saturated carbocycles. The largest absolute Gasteiger partial charge is 0.491 e. The summed E-state index contributed by atoms with van der Waals surface area (Å²) in [5, 5.41) is 0.994. The number of aromatic amines is 1. The molecule has 0 aliphatic rings. The molecule has 1 heterocycles. The SMILES string of the molecule is CCCCOc1cccc2ccc(=O)[nH]c12. The van der Waals surface area contributed by atoms with Crippen molar-refractivity contribution in [2.24, 2.45) is 0 Å². The average molecular weight is 217 g/mol. The smallest absolute Gasteiger partial charge is 0.248 e. The number of hydrogen-bond donors (Lipinski definition) is 1. The van der Waals surface area contributed by atoms with Gasteiger partial charge in [-0.3, -0.25) is 4.79 Å². The zero-order valence-electron chi connectivity index (χ0n) is 9.32. The summed E-state index contributed by atoms with van der Waals surface area (Å²) in [6.45, 7) is 2.81. The molecule has 1 aromatic heterocycles. The van der Waals surface area contributed by atoms with E-state index in [-0.39, 0.29) is 5.56 Å². The number of para-hydroxylation sites is 1. The fourth-order valence-corrected chi connectivity index (χ4v) is 1.60. The molecule has 3 heteroatoms. The molecule has 0 aliphatic carbocycles. The van der Waals surface area contributed by atoms with Gasteiger partial charge >= 0.3 is 0 Å². The molecule has 0 saturated heterocycles. The van der Waals surface area contributed by atoms with Gasteiger partial charge in [-0.05, 0) is 18.6 Å². The van der Waals surface area contributed by atoms with Crippen LogP contribution in [0.2, 0.25) is 0 Å². The van der Waals surface area contributed by atoms with Gasteiger partial charge in [0.15, 0.2) is 0 Å². The van der Waals surface area contributed by atoms with Gasteiger partial charge in [0, 0.05) is 11.5 Å². The van der Waals surface area contributed by atoms with Crippen molar-refractivity contribution < 1.29 is 4.74 Å². The molecular weight excluding hydrogens is 202 g/mol. The van der Waals surface area contributed by atoms with E-state index in [0.717, 1.165) is 29.5 Å². The standard InChI is InChI=1S/C13H15NO2/c1-2-3-9-16-11-6-4-5-10-7-8-12(15)14-13(10)11/h4-8H,2-3,9H2,1H3,(H,14,15). The topological polar surface area (TPSA) is 42.1 Å². The highest BCUT2D eigenvalue weighted by molar-refractivity contribution is 5.84. The zero-order chi connectivity index (χ0) is 11.4. The molecule has 1 N–H and O–H groups in total. The minimum atomic E-state index is -0.0981. The summed E-state index contributed by atoms with van der Waals surface area (Å²) < 4.78 is 5.64. The summed E-state index contributed by atoms with van der Waals surface area (Å²) in [5.41, 5.74) is 0.685. The van der Waals surface area contributed by atoms with Gasteiger partial charge in [-0.2, -0.15) is 0 Å². The highest BCUT2D eigenvalue weighted by Gasteiger charge is 2.02. The predicted molar refractivity (Wildman–Crippen MR) is 65.0 cm³/mol. The maximum atomic E-state index is 11.3. The third-order valence-corrected chi connectivity index (χ3v) is 2.48. The van der Waals surface area contributed by atoms with E-state index in [1.165, 1.54) is 6.07 Å². The first-order valence-corrected chi connectivity index (χ1v) is 5.56. The normalized spacial score (nSPS) is 10.6. The van der Waals surface area contributed by atoms with Gasteiger partial charge in [0.2, 0.25) is 5.56 Å². The van der Waals surface area contributed by atoms with E-state index in [4.69, 9.17) is 4.74 Å². The van der Waals surface area contributed by atoms with Gasteiger partial charge in [-0.25, -0.2) is 0 Å². The lowest BCUT2D eigenvalue weighted by Crippen LogP contribution is -2.04. The Hall–Kier alpha value is -1.77. The summed E-state index contributed by atoms with van der Waals surface area (Å²) in [5.74, 6) is 0.753. The highest BCUT2D eigenvalue weighted by Crippen LogP contribution is 2.22. The van der Waals surface area contributed by atoms with Gasteiger partial charge in [0.05, 0.1) is 12.1 Å². The second kappa shape index (κ2) is 4.84. The van der Waals surface area contributed by atoms with Crippen LogP contribution in [0.4, 0.5) is 0 Å². The minimum absolute atomic E-state index is 0.0981. The van der Waals surface area contributed by atoms with Crippen molar-refractivity contribution in [1.82, 2.24) is 4.98 Å². The van der Waals surface area contributed by atoms with E-state index < -0.39 is 0 Å². The zero-order valence-corrected chi connectivity index (χ0v) is 9.32. The van der Waals surface area contributed by atoms with Crippen LogP contribution in [0.15, 0.2) is 35.1 Å².